The van der Waals surface area contributed by atoms with E-state index in [2.05, 4.69) is 52.4 Å². The fourth-order valence-corrected chi connectivity index (χ4v) is 8.10. The summed E-state index contributed by atoms with van der Waals surface area (Å²) in [5.74, 6) is 0.526. The molecule has 7 nitrogen and oxygen atoms in total. The van der Waals surface area contributed by atoms with Gasteiger partial charge in [0.25, 0.3) is 0 Å². The van der Waals surface area contributed by atoms with Crippen molar-refractivity contribution in [3.05, 3.63) is 53.4 Å². The van der Waals surface area contributed by atoms with E-state index in [1.165, 1.54) is 73.6 Å². The number of aryl methyl sites for hydroxylation is 1. The Hall–Kier alpha value is -3.10. The number of amides is 1. The highest BCUT2D eigenvalue weighted by molar-refractivity contribution is 7.17. The average molecular weight is 690 g/mol. The molecule has 2 aromatic carbocycles. The molecule has 268 valence electrons. The number of carbonyl (C=O) groups excluding carboxylic acids is 2. The smallest absolute Gasteiger partial charge is 0.307 e. The number of thiophene rings is 1. The molecule has 0 aliphatic carbocycles. The quantitative estimate of drug-likeness (QED) is 0.0820. The topological polar surface area (TPSA) is 62.3 Å². The Morgan fingerprint density at radius 2 is 1.55 bits per heavy atom. The van der Waals surface area contributed by atoms with Crippen LogP contribution in [0.15, 0.2) is 47.8 Å². The second kappa shape index (κ2) is 19.9. The van der Waals surface area contributed by atoms with Crippen molar-refractivity contribution in [2.75, 3.05) is 49.1 Å². The number of ether oxygens (including phenoxy) is 2. The number of hydrogen-bond donors (Lipinski definition) is 0. The second-order valence-corrected chi connectivity index (χ2v) is 14.9. The normalized spacial score (nSPS) is 15.8. The summed E-state index contributed by atoms with van der Waals surface area (Å²) < 4.78 is 13.3. The first-order valence-electron chi connectivity index (χ1n) is 19.2. The highest BCUT2D eigenvalue weighted by atomic mass is 32.1. The molecule has 1 aromatic heterocycles. The molecule has 49 heavy (non-hydrogen) atoms. The van der Waals surface area contributed by atoms with Gasteiger partial charge in [-0.2, -0.15) is 0 Å². The van der Waals surface area contributed by atoms with E-state index in [4.69, 9.17) is 9.47 Å². The Bertz CT molecular complexity index is 1450. The van der Waals surface area contributed by atoms with Crippen molar-refractivity contribution in [3.8, 4) is 5.75 Å². The summed E-state index contributed by atoms with van der Waals surface area (Å²) in [5.41, 5.74) is 3.26. The number of piperazine rings is 1. The number of nitrogens with zero attached hydrogens (tertiary/aromatic N) is 3. The molecule has 0 radical (unpaired) electrons. The SMILES string of the molecule is CCCCCCCCCCCCCC(=O)OC(C)N1C(=O)CCc2ccc(OCCCCN3CCN(c4cccc5sccc45)CC3)cc21. The Labute approximate surface area is 298 Å². The summed E-state index contributed by atoms with van der Waals surface area (Å²) in [6, 6.07) is 14.9. The average Bonchev–Trinajstić information content (AvgIpc) is 3.60. The zero-order valence-electron chi connectivity index (χ0n) is 30.1. The summed E-state index contributed by atoms with van der Waals surface area (Å²) >= 11 is 1.81. The number of benzene rings is 2. The number of anilines is 2. The zero-order valence-corrected chi connectivity index (χ0v) is 31.0. The van der Waals surface area contributed by atoms with Crippen LogP contribution in [0.1, 0.15) is 116 Å². The van der Waals surface area contributed by atoms with Crippen molar-refractivity contribution >= 4 is 44.7 Å². The standard InChI is InChI=1S/C41H59N3O4S/c1-3-4-5-6-7-8-9-10-11-12-13-19-41(46)48-33(2)44-38-32-35(22-20-34(38)21-23-40(44)45)47-30-15-14-25-42-26-28-43(29-27-42)37-17-16-18-39-36(37)24-31-49-39/h16-18,20,22,24,31-33H,3-15,19,21,23,25-30H2,1-2H3. The van der Waals surface area contributed by atoms with E-state index in [9.17, 15) is 9.59 Å². The van der Waals surface area contributed by atoms with Gasteiger partial charge in [-0.1, -0.05) is 83.3 Å². The molecule has 1 unspecified atom stereocenters. The third kappa shape index (κ3) is 11.2. The van der Waals surface area contributed by atoms with Crippen molar-refractivity contribution in [1.82, 2.24) is 4.90 Å². The summed E-state index contributed by atoms with van der Waals surface area (Å²) in [4.78, 5) is 32.5. The highest BCUT2D eigenvalue weighted by Crippen LogP contribution is 2.34. The minimum absolute atomic E-state index is 0.00764. The van der Waals surface area contributed by atoms with Gasteiger partial charge in [-0.25, -0.2) is 0 Å². The molecular weight excluding hydrogens is 631 g/mol. The molecule has 3 aromatic rings. The van der Waals surface area contributed by atoms with Crippen LogP contribution in [-0.2, 0) is 20.7 Å². The van der Waals surface area contributed by atoms with Gasteiger partial charge in [0.05, 0.1) is 12.3 Å². The summed E-state index contributed by atoms with van der Waals surface area (Å²) in [7, 11) is 0. The van der Waals surface area contributed by atoms with Crippen LogP contribution in [0.4, 0.5) is 11.4 Å². The van der Waals surface area contributed by atoms with E-state index in [0.717, 1.165) is 75.4 Å². The van der Waals surface area contributed by atoms with E-state index < -0.39 is 6.23 Å². The molecule has 0 bridgehead atoms. The van der Waals surface area contributed by atoms with E-state index >= 15 is 0 Å². The fourth-order valence-electron chi connectivity index (χ4n) is 7.29. The van der Waals surface area contributed by atoms with E-state index in [0.29, 0.717) is 25.9 Å². The van der Waals surface area contributed by atoms with Crippen LogP contribution >= 0.6 is 11.3 Å². The highest BCUT2D eigenvalue weighted by Gasteiger charge is 2.30. The third-order valence-corrected chi connectivity index (χ3v) is 11.0. The number of esters is 1. The lowest BCUT2D eigenvalue weighted by molar-refractivity contribution is -0.149. The van der Waals surface area contributed by atoms with Gasteiger partial charge in [0.2, 0.25) is 5.91 Å². The number of rotatable bonds is 21. The molecule has 1 fully saturated rings. The van der Waals surface area contributed by atoms with Gasteiger partial charge in [0, 0.05) is 60.9 Å². The first kappa shape index (κ1) is 37.2. The van der Waals surface area contributed by atoms with E-state index in [1.54, 1.807) is 11.8 Å². The summed E-state index contributed by atoms with van der Waals surface area (Å²) in [6.45, 7) is 10.1. The zero-order chi connectivity index (χ0) is 34.3. The summed E-state index contributed by atoms with van der Waals surface area (Å²) in [6.07, 6.45) is 16.6. The van der Waals surface area contributed by atoms with Crippen molar-refractivity contribution in [2.45, 2.75) is 123 Å². The molecule has 1 atom stereocenters. The van der Waals surface area contributed by atoms with Crippen molar-refractivity contribution in [2.24, 2.45) is 0 Å². The predicted molar refractivity (Wildman–Crippen MR) is 204 cm³/mol. The fraction of sp³-hybridized carbons (Fsp3) is 0.610. The van der Waals surface area contributed by atoms with Gasteiger partial charge in [0.15, 0.2) is 6.23 Å². The molecule has 2 aliphatic rings. The van der Waals surface area contributed by atoms with Gasteiger partial charge >= 0.3 is 5.97 Å². The first-order valence-corrected chi connectivity index (χ1v) is 20.1. The van der Waals surface area contributed by atoms with Gasteiger partial charge in [-0.05, 0) is 74.4 Å². The maximum atomic E-state index is 13.0. The van der Waals surface area contributed by atoms with E-state index in [-0.39, 0.29) is 11.9 Å². The lowest BCUT2D eigenvalue weighted by Crippen LogP contribution is -2.46. The van der Waals surface area contributed by atoms with Gasteiger partial charge < -0.3 is 14.4 Å². The molecule has 3 heterocycles. The van der Waals surface area contributed by atoms with Crippen molar-refractivity contribution in [1.29, 1.82) is 0 Å². The maximum Gasteiger partial charge on any atom is 0.307 e. The molecule has 8 heteroatoms. The molecule has 1 saturated heterocycles. The van der Waals surface area contributed by atoms with Crippen LogP contribution in [0.2, 0.25) is 0 Å². The monoisotopic (exact) mass is 689 g/mol. The minimum atomic E-state index is -0.638. The van der Waals surface area contributed by atoms with Crippen molar-refractivity contribution in [3.63, 3.8) is 0 Å². The number of hydrogen-bond acceptors (Lipinski definition) is 7. The first-order chi connectivity index (χ1) is 24.0. The van der Waals surface area contributed by atoms with Crippen molar-refractivity contribution < 1.29 is 19.1 Å². The molecule has 0 saturated carbocycles. The van der Waals surface area contributed by atoms with Crippen LogP contribution < -0.4 is 14.5 Å². The van der Waals surface area contributed by atoms with Gasteiger partial charge in [-0.15, -0.1) is 11.3 Å². The Morgan fingerprint density at radius 3 is 2.31 bits per heavy atom. The Balaban J connectivity index is 0.978. The molecule has 0 spiro atoms. The third-order valence-electron chi connectivity index (χ3n) is 10.2. The molecule has 0 N–H and O–H groups in total. The summed E-state index contributed by atoms with van der Waals surface area (Å²) in [5, 5.41) is 3.56. The van der Waals surface area contributed by atoms with Crippen LogP contribution in [-0.4, -0.2) is 62.3 Å². The van der Waals surface area contributed by atoms with Crippen LogP contribution in [0.3, 0.4) is 0 Å². The number of fused-ring (bicyclic) bond motifs is 2. The number of unbranched alkanes of at least 4 members (excludes halogenated alkanes) is 11. The van der Waals surface area contributed by atoms with Gasteiger partial charge in [0.1, 0.15) is 5.75 Å². The Morgan fingerprint density at radius 1 is 0.816 bits per heavy atom. The number of carbonyl (C=O) groups is 2. The Kier molecular flexibility index (Phi) is 15.1. The second-order valence-electron chi connectivity index (χ2n) is 13.9. The molecule has 1 amide bonds. The van der Waals surface area contributed by atoms with E-state index in [1.807, 2.05) is 23.5 Å². The van der Waals surface area contributed by atoms with Gasteiger partial charge in [-0.3, -0.25) is 19.4 Å². The van der Waals surface area contributed by atoms with Crippen LogP contribution in [0, 0.1) is 0 Å². The lowest BCUT2D eigenvalue weighted by Gasteiger charge is -2.36. The predicted octanol–water partition coefficient (Wildman–Crippen LogP) is 9.75. The minimum Gasteiger partial charge on any atom is -0.494 e. The van der Waals surface area contributed by atoms with Crippen LogP contribution in [0.25, 0.3) is 10.1 Å². The lowest BCUT2D eigenvalue weighted by atomic mass is 10.0. The van der Waals surface area contributed by atoms with Crippen LogP contribution in [0.5, 0.6) is 5.75 Å². The largest absolute Gasteiger partial charge is 0.494 e. The molecule has 5 rings (SSSR count). The maximum absolute atomic E-state index is 13.0. The molecule has 2 aliphatic heterocycles. The molecular formula is C41H59N3O4S.